The van der Waals surface area contributed by atoms with Gasteiger partial charge in [0.1, 0.15) is 0 Å². The molecule has 1 aliphatic heterocycles. The summed E-state index contributed by atoms with van der Waals surface area (Å²) in [6.45, 7) is 10.0. The summed E-state index contributed by atoms with van der Waals surface area (Å²) in [5, 5.41) is 6.76. The van der Waals surface area contributed by atoms with Gasteiger partial charge in [0.15, 0.2) is 5.96 Å². The Hall–Kier alpha value is -0.810. The molecule has 124 valence electrons. The second-order valence-electron chi connectivity index (χ2n) is 5.62. The second kappa shape index (κ2) is 11.8. The van der Waals surface area contributed by atoms with Gasteiger partial charge in [0.05, 0.1) is 6.61 Å². The Bertz CT molecular complexity index is 283. The van der Waals surface area contributed by atoms with E-state index in [-0.39, 0.29) is 0 Å². The molecular weight excluding hydrogens is 264 g/mol. The van der Waals surface area contributed by atoms with E-state index in [0.717, 1.165) is 32.3 Å². The van der Waals surface area contributed by atoms with Crippen LogP contribution in [0, 0.1) is 0 Å². The Kier molecular flexibility index (Phi) is 10.3. The lowest BCUT2D eigenvalue weighted by Crippen LogP contribution is -2.49. The van der Waals surface area contributed by atoms with Crippen LogP contribution in [0.2, 0.25) is 0 Å². The molecule has 1 saturated heterocycles. The number of unbranched alkanes of at least 4 members (excludes halogenated alkanes) is 1. The van der Waals surface area contributed by atoms with Crippen molar-refractivity contribution in [2.45, 2.75) is 52.0 Å². The van der Waals surface area contributed by atoms with Crippen LogP contribution in [0.25, 0.3) is 0 Å². The molecule has 2 N–H and O–H groups in total. The Morgan fingerprint density at radius 1 is 1.29 bits per heavy atom. The number of aliphatic imine (C=N–C) groups is 1. The van der Waals surface area contributed by atoms with Gasteiger partial charge in [0.25, 0.3) is 0 Å². The van der Waals surface area contributed by atoms with Gasteiger partial charge in [-0.2, -0.15) is 0 Å². The molecule has 0 spiro atoms. The highest BCUT2D eigenvalue weighted by Crippen LogP contribution is 2.16. The highest BCUT2D eigenvalue weighted by molar-refractivity contribution is 5.79. The number of rotatable bonds is 9. The predicted octanol–water partition coefficient (Wildman–Crippen LogP) is 1.84. The normalized spacial score (nSPS) is 20.5. The summed E-state index contributed by atoms with van der Waals surface area (Å²) in [6.07, 6.45) is 6.58. The molecule has 1 rings (SSSR count). The molecule has 5 nitrogen and oxygen atoms in total. The summed E-state index contributed by atoms with van der Waals surface area (Å²) in [5.74, 6) is 0.885. The molecular formula is C16H34N4O. The maximum absolute atomic E-state index is 5.33. The van der Waals surface area contributed by atoms with Gasteiger partial charge < -0.3 is 15.4 Å². The molecule has 21 heavy (non-hydrogen) atoms. The van der Waals surface area contributed by atoms with Crippen LogP contribution in [-0.2, 0) is 4.74 Å². The van der Waals surface area contributed by atoms with E-state index in [9.17, 15) is 0 Å². The monoisotopic (exact) mass is 298 g/mol. The van der Waals surface area contributed by atoms with E-state index >= 15 is 0 Å². The van der Waals surface area contributed by atoms with Gasteiger partial charge in [-0.05, 0) is 39.3 Å². The van der Waals surface area contributed by atoms with Crippen LogP contribution < -0.4 is 10.6 Å². The van der Waals surface area contributed by atoms with Gasteiger partial charge in [-0.3, -0.25) is 9.89 Å². The topological polar surface area (TPSA) is 48.9 Å². The van der Waals surface area contributed by atoms with Crippen molar-refractivity contribution in [2.24, 2.45) is 4.99 Å². The predicted molar refractivity (Wildman–Crippen MR) is 90.0 cm³/mol. The highest BCUT2D eigenvalue weighted by atomic mass is 16.5. The summed E-state index contributed by atoms with van der Waals surface area (Å²) >= 11 is 0. The molecule has 0 bridgehead atoms. The van der Waals surface area contributed by atoms with E-state index in [0.29, 0.717) is 6.04 Å². The first-order valence-electron chi connectivity index (χ1n) is 8.58. The highest BCUT2D eigenvalue weighted by Gasteiger charge is 2.21. The largest absolute Gasteiger partial charge is 0.380 e. The lowest BCUT2D eigenvalue weighted by Gasteiger charge is -2.36. The van der Waals surface area contributed by atoms with Crippen molar-refractivity contribution in [1.82, 2.24) is 15.5 Å². The van der Waals surface area contributed by atoms with Gasteiger partial charge >= 0.3 is 0 Å². The second-order valence-corrected chi connectivity index (χ2v) is 5.62. The van der Waals surface area contributed by atoms with Gasteiger partial charge in [-0.1, -0.05) is 19.8 Å². The molecule has 1 fully saturated rings. The van der Waals surface area contributed by atoms with Gasteiger partial charge in [0, 0.05) is 32.8 Å². The molecule has 0 aromatic carbocycles. The molecule has 5 heteroatoms. The van der Waals surface area contributed by atoms with E-state index < -0.39 is 0 Å². The Morgan fingerprint density at radius 2 is 2.14 bits per heavy atom. The van der Waals surface area contributed by atoms with Crippen LogP contribution in [0.15, 0.2) is 4.99 Å². The van der Waals surface area contributed by atoms with E-state index in [1.165, 1.54) is 45.2 Å². The van der Waals surface area contributed by atoms with Gasteiger partial charge in [0.2, 0.25) is 0 Å². The third-order valence-electron chi connectivity index (χ3n) is 4.02. The number of ether oxygens (including phenoxy) is 1. The summed E-state index contributed by atoms with van der Waals surface area (Å²) < 4.78 is 5.33. The Labute approximate surface area is 130 Å². The SMILES string of the molecule is CCCCN1CCCCC1CNC(=NC)NCCOCC. The fourth-order valence-corrected chi connectivity index (χ4v) is 2.77. The van der Waals surface area contributed by atoms with Crippen LogP contribution in [0.5, 0.6) is 0 Å². The first kappa shape index (κ1) is 18.2. The van der Waals surface area contributed by atoms with Crippen LogP contribution in [0.3, 0.4) is 0 Å². The minimum Gasteiger partial charge on any atom is -0.380 e. The summed E-state index contributed by atoms with van der Waals surface area (Å²) in [7, 11) is 1.83. The van der Waals surface area contributed by atoms with Crippen molar-refractivity contribution in [3.63, 3.8) is 0 Å². The van der Waals surface area contributed by atoms with Gasteiger partial charge in [-0.25, -0.2) is 0 Å². The smallest absolute Gasteiger partial charge is 0.191 e. The molecule has 0 aliphatic carbocycles. The molecule has 0 radical (unpaired) electrons. The summed E-state index contributed by atoms with van der Waals surface area (Å²) in [5.41, 5.74) is 0. The van der Waals surface area contributed by atoms with Crippen molar-refractivity contribution in [1.29, 1.82) is 0 Å². The zero-order chi connectivity index (χ0) is 15.3. The fourth-order valence-electron chi connectivity index (χ4n) is 2.77. The van der Waals surface area contributed by atoms with Crippen LogP contribution in [0.1, 0.15) is 46.0 Å². The number of likely N-dealkylation sites (tertiary alicyclic amines) is 1. The molecule has 1 heterocycles. The third kappa shape index (κ3) is 7.67. The third-order valence-corrected chi connectivity index (χ3v) is 4.02. The molecule has 0 amide bonds. The van der Waals surface area contributed by atoms with Crippen molar-refractivity contribution >= 4 is 5.96 Å². The average molecular weight is 298 g/mol. The van der Waals surface area contributed by atoms with Crippen molar-refractivity contribution < 1.29 is 4.74 Å². The molecule has 0 aromatic rings. The summed E-state index contributed by atoms with van der Waals surface area (Å²) in [4.78, 5) is 6.92. The maximum atomic E-state index is 5.33. The number of hydrogen-bond donors (Lipinski definition) is 2. The number of guanidine groups is 1. The average Bonchev–Trinajstić information content (AvgIpc) is 2.53. The number of nitrogens with zero attached hydrogens (tertiary/aromatic N) is 2. The van der Waals surface area contributed by atoms with Crippen molar-refractivity contribution in [3.05, 3.63) is 0 Å². The standard InChI is InChI=1S/C16H34N4O/c1-4-6-11-20-12-8-7-9-15(20)14-19-16(17-3)18-10-13-21-5-2/h15H,4-14H2,1-3H3,(H2,17,18,19). The fraction of sp³-hybridized carbons (Fsp3) is 0.938. The molecule has 1 aliphatic rings. The minimum absolute atomic E-state index is 0.649. The first-order chi connectivity index (χ1) is 10.3. The molecule has 0 aromatic heterocycles. The molecule has 0 saturated carbocycles. The first-order valence-corrected chi connectivity index (χ1v) is 8.58. The zero-order valence-corrected chi connectivity index (χ0v) is 14.2. The Balaban J connectivity index is 2.28. The lowest BCUT2D eigenvalue weighted by atomic mass is 10.0. The lowest BCUT2D eigenvalue weighted by molar-refractivity contribution is 0.146. The number of piperidine rings is 1. The van der Waals surface area contributed by atoms with E-state index in [4.69, 9.17) is 4.74 Å². The van der Waals surface area contributed by atoms with Crippen molar-refractivity contribution in [2.75, 3.05) is 46.4 Å². The quantitative estimate of drug-likeness (QED) is 0.387. The molecule has 1 atom stereocenters. The van der Waals surface area contributed by atoms with Crippen LogP contribution in [-0.4, -0.2) is 63.3 Å². The maximum Gasteiger partial charge on any atom is 0.191 e. The molecule has 1 unspecified atom stereocenters. The van der Waals surface area contributed by atoms with Crippen LogP contribution >= 0.6 is 0 Å². The van der Waals surface area contributed by atoms with Crippen LogP contribution in [0.4, 0.5) is 0 Å². The van der Waals surface area contributed by atoms with E-state index in [1.54, 1.807) is 0 Å². The van der Waals surface area contributed by atoms with Crippen molar-refractivity contribution in [3.8, 4) is 0 Å². The number of hydrogen-bond acceptors (Lipinski definition) is 3. The Morgan fingerprint density at radius 3 is 2.86 bits per heavy atom. The zero-order valence-electron chi connectivity index (χ0n) is 14.2. The minimum atomic E-state index is 0.649. The number of nitrogens with one attached hydrogen (secondary N) is 2. The van der Waals surface area contributed by atoms with Gasteiger partial charge in [-0.15, -0.1) is 0 Å². The summed E-state index contributed by atoms with van der Waals surface area (Å²) in [6, 6.07) is 0.649. The van der Waals surface area contributed by atoms with E-state index in [1.807, 2.05) is 14.0 Å². The van der Waals surface area contributed by atoms with E-state index in [2.05, 4.69) is 27.4 Å².